The lowest BCUT2D eigenvalue weighted by Gasteiger charge is -2.41. The van der Waals surface area contributed by atoms with Gasteiger partial charge in [-0.1, -0.05) is 100 Å². The van der Waals surface area contributed by atoms with E-state index in [4.69, 9.17) is 19.8 Å². The fourth-order valence-corrected chi connectivity index (χ4v) is 13.1. The molecule has 4 amide bonds. The molecule has 8 aliphatic carbocycles. The molecule has 8 rings (SSSR count). The molecule has 0 bridgehead atoms. The molecule has 8 saturated carbocycles. The zero-order valence-corrected chi connectivity index (χ0v) is 40.6. The van der Waals surface area contributed by atoms with Gasteiger partial charge in [-0.3, -0.25) is 10.2 Å². The number of aliphatic imine (C=N–C) groups is 1. The Bertz CT molecular complexity index is 1520. The number of amides is 4. The molecule has 1 atom stereocenters. The molecule has 65 heavy (non-hydrogen) atoms. The number of hydrogen-bond acceptors (Lipinski definition) is 8. The molecule has 0 spiro atoms. The minimum Gasteiger partial charge on any atom is -0.354 e. The first-order valence-corrected chi connectivity index (χ1v) is 28.0. The van der Waals surface area contributed by atoms with Crippen molar-refractivity contribution in [3.8, 4) is 0 Å². The smallest absolute Gasteiger partial charge is 0.326 e. The molecule has 0 aromatic carbocycles. The molecule has 0 aromatic rings. The molecule has 8 fully saturated rings. The second kappa shape index (κ2) is 26.0. The van der Waals surface area contributed by atoms with Gasteiger partial charge in [0.05, 0.1) is 17.5 Å². The van der Waals surface area contributed by atoms with Crippen LogP contribution in [-0.4, -0.2) is 81.9 Å². The van der Waals surface area contributed by atoms with Crippen molar-refractivity contribution in [2.45, 2.75) is 293 Å². The van der Waals surface area contributed by atoms with Gasteiger partial charge in [0.2, 0.25) is 0 Å². The zero-order chi connectivity index (χ0) is 44.5. The Morgan fingerprint density at radius 3 is 1.51 bits per heavy atom. The van der Waals surface area contributed by atoms with E-state index < -0.39 is 6.35 Å². The summed E-state index contributed by atoms with van der Waals surface area (Å²) in [4.78, 5) is 50.9. The topological polar surface area (TPSA) is 132 Å². The van der Waals surface area contributed by atoms with Crippen LogP contribution in [0.15, 0.2) is 15.3 Å². The van der Waals surface area contributed by atoms with Gasteiger partial charge in [0.15, 0.2) is 0 Å². The highest BCUT2D eigenvalue weighted by Crippen LogP contribution is 2.37. The van der Waals surface area contributed by atoms with E-state index in [-0.39, 0.29) is 42.3 Å². The highest BCUT2D eigenvalue weighted by atomic mass is 16.7. The lowest BCUT2D eigenvalue weighted by molar-refractivity contribution is -0.0869. The summed E-state index contributed by atoms with van der Waals surface area (Å²) in [6.45, 7) is 0. The Labute approximate surface area is 393 Å². The average Bonchev–Trinajstić information content (AvgIpc) is 3.36. The van der Waals surface area contributed by atoms with E-state index in [1.54, 1.807) is 0 Å². The molecule has 12 heteroatoms. The predicted molar refractivity (Wildman–Crippen MR) is 262 cm³/mol. The molecule has 0 aliphatic heterocycles. The van der Waals surface area contributed by atoms with Crippen LogP contribution in [0, 0.1) is 11.8 Å². The van der Waals surface area contributed by atoms with Gasteiger partial charge in [-0.2, -0.15) is 0 Å². The standard InChI is InChI=1S/C53H90N8O4/c62-50(60(48-27-15-5-16-28-48)52(56-42-19-7-1-8-20-42)64-58-46-23-11-3-12-24-46)54-44-35-31-40(32-36-44)39-41-33-37-45(38-34-41)55-51(63)61(49-29-17-6-18-30-49)53(57-43-21-9-2-10-22-43)65-59-47-25-13-4-14-26-47/h40-45,48-49,52,56H,1-39H2,(H,54,62)(H,55,63). The molecule has 12 nitrogen and oxygen atoms in total. The first kappa shape index (κ1) is 48.6. The van der Waals surface area contributed by atoms with Gasteiger partial charge in [0.25, 0.3) is 6.35 Å². The number of carbonyl (C=O) groups is 2. The first-order chi connectivity index (χ1) is 32.0. The van der Waals surface area contributed by atoms with Gasteiger partial charge in [0.1, 0.15) is 0 Å². The fourth-order valence-electron chi connectivity index (χ4n) is 13.1. The monoisotopic (exact) mass is 903 g/mol. The lowest BCUT2D eigenvalue weighted by Crippen LogP contribution is -2.61. The quantitative estimate of drug-likeness (QED) is 0.0733. The van der Waals surface area contributed by atoms with Crippen LogP contribution >= 0.6 is 0 Å². The van der Waals surface area contributed by atoms with Gasteiger partial charge < -0.3 is 20.3 Å². The number of urea groups is 2. The lowest BCUT2D eigenvalue weighted by atomic mass is 9.75. The molecule has 0 radical (unpaired) electrons. The van der Waals surface area contributed by atoms with Crippen molar-refractivity contribution in [2.24, 2.45) is 27.1 Å². The number of oxime groups is 2. The van der Waals surface area contributed by atoms with Crippen LogP contribution in [0.25, 0.3) is 0 Å². The minimum atomic E-state index is -0.520. The van der Waals surface area contributed by atoms with E-state index in [1.807, 2.05) is 4.90 Å². The number of nitrogens with zero attached hydrogens (tertiary/aromatic N) is 5. The molecule has 3 N–H and O–H groups in total. The molecule has 0 heterocycles. The Balaban J connectivity index is 0.832. The third kappa shape index (κ3) is 15.1. The number of rotatable bonds is 13. The summed E-state index contributed by atoms with van der Waals surface area (Å²) in [5.41, 5.74) is 2.27. The van der Waals surface area contributed by atoms with E-state index >= 15 is 0 Å². The van der Waals surface area contributed by atoms with Crippen molar-refractivity contribution < 1.29 is 19.3 Å². The van der Waals surface area contributed by atoms with E-state index in [0.717, 1.165) is 153 Å². The van der Waals surface area contributed by atoms with Crippen LogP contribution in [0.2, 0.25) is 0 Å². The van der Waals surface area contributed by atoms with Gasteiger partial charge in [-0.25, -0.2) is 19.5 Å². The fraction of sp³-hybridized carbons (Fsp3) is 0.906. The van der Waals surface area contributed by atoms with E-state index in [1.165, 1.54) is 109 Å². The summed E-state index contributed by atoms with van der Waals surface area (Å²) < 4.78 is 0. The largest absolute Gasteiger partial charge is 0.354 e. The minimum absolute atomic E-state index is 0.0265. The molecule has 366 valence electrons. The first-order valence-electron chi connectivity index (χ1n) is 28.0. The molecule has 0 saturated heterocycles. The zero-order valence-electron chi connectivity index (χ0n) is 40.6. The summed E-state index contributed by atoms with van der Waals surface area (Å²) in [5.74, 6) is 1.40. The van der Waals surface area contributed by atoms with Gasteiger partial charge in [0, 0.05) is 30.2 Å². The summed E-state index contributed by atoms with van der Waals surface area (Å²) >= 11 is 0. The Morgan fingerprint density at radius 2 is 0.954 bits per heavy atom. The van der Waals surface area contributed by atoms with Crippen LogP contribution in [0.3, 0.4) is 0 Å². The maximum Gasteiger partial charge on any atom is 0.326 e. The number of hydrogen-bond donors (Lipinski definition) is 3. The summed E-state index contributed by atoms with van der Waals surface area (Å²) in [6.07, 6.45) is 43.7. The van der Waals surface area contributed by atoms with Crippen LogP contribution in [-0.2, 0) is 9.68 Å². The molecule has 1 unspecified atom stereocenters. The summed E-state index contributed by atoms with van der Waals surface area (Å²) in [7, 11) is 0. The van der Waals surface area contributed by atoms with Crippen molar-refractivity contribution >= 4 is 29.5 Å². The van der Waals surface area contributed by atoms with E-state index in [0.29, 0.717) is 23.9 Å². The Kier molecular flexibility index (Phi) is 19.4. The van der Waals surface area contributed by atoms with Crippen LogP contribution in [0.4, 0.5) is 9.59 Å². The third-order valence-corrected chi connectivity index (χ3v) is 17.1. The van der Waals surface area contributed by atoms with Crippen LogP contribution in [0.5, 0.6) is 0 Å². The summed E-state index contributed by atoms with van der Waals surface area (Å²) in [6, 6.07) is 1.69. The maximum absolute atomic E-state index is 14.5. The number of nitrogens with one attached hydrogen (secondary N) is 3. The van der Waals surface area contributed by atoms with Crippen molar-refractivity contribution in [2.75, 3.05) is 0 Å². The van der Waals surface area contributed by atoms with E-state index in [9.17, 15) is 9.59 Å². The predicted octanol–water partition coefficient (Wildman–Crippen LogP) is 12.8. The second-order valence-electron chi connectivity index (χ2n) is 22.1. The van der Waals surface area contributed by atoms with E-state index in [2.05, 4.69) is 26.0 Å². The normalized spacial score (nSPS) is 29.0. The van der Waals surface area contributed by atoms with Crippen molar-refractivity contribution in [1.82, 2.24) is 25.8 Å². The molecule has 8 aliphatic rings. The SMILES string of the molecule is O=C(NC1CCC(CC2CCC(NC(=O)N(C3CCCCC3)C(NC3CCCCC3)ON=C3CCCCC3)CC2)CC1)N(C(=NC1CCCCC1)ON=C1CCCCC1)C1CCCCC1. The van der Waals surface area contributed by atoms with Crippen molar-refractivity contribution in [3.05, 3.63) is 0 Å². The highest BCUT2D eigenvalue weighted by molar-refractivity contribution is 5.94. The highest BCUT2D eigenvalue weighted by Gasteiger charge is 2.38. The van der Waals surface area contributed by atoms with Crippen LogP contribution in [0.1, 0.15) is 250 Å². The van der Waals surface area contributed by atoms with Crippen molar-refractivity contribution in [1.29, 1.82) is 0 Å². The van der Waals surface area contributed by atoms with Gasteiger partial charge in [-0.15, -0.1) is 0 Å². The Hall–Kier alpha value is -2.89. The van der Waals surface area contributed by atoms with Gasteiger partial charge >= 0.3 is 18.1 Å². The van der Waals surface area contributed by atoms with Crippen molar-refractivity contribution in [3.63, 3.8) is 0 Å². The number of amidine groups is 1. The maximum atomic E-state index is 14.5. The molecular weight excluding hydrogens is 813 g/mol. The molecular formula is C53H90N8O4. The molecule has 0 aromatic heterocycles. The van der Waals surface area contributed by atoms with Gasteiger partial charge in [-0.05, 0) is 172 Å². The average molecular weight is 903 g/mol. The summed E-state index contributed by atoms with van der Waals surface area (Å²) in [5, 5.41) is 20.3. The Morgan fingerprint density at radius 1 is 0.492 bits per heavy atom. The second-order valence-corrected chi connectivity index (χ2v) is 22.1. The van der Waals surface area contributed by atoms with Crippen LogP contribution < -0.4 is 16.0 Å². The number of carbonyl (C=O) groups excluding carboxylic acids is 2. The third-order valence-electron chi connectivity index (χ3n) is 17.1.